The second kappa shape index (κ2) is 5.26. The van der Waals surface area contributed by atoms with Gasteiger partial charge in [-0.2, -0.15) is 0 Å². The van der Waals surface area contributed by atoms with Crippen LogP contribution in [0.3, 0.4) is 0 Å². The summed E-state index contributed by atoms with van der Waals surface area (Å²) in [6, 6.07) is 11.7. The van der Waals surface area contributed by atoms with Crippen molar-refractivity contribution in [2.24, 2.45) is 0 Å². The number of benzene rings is 2. The molecule has 0 unspecified atom stereocenters. The Bertz CT molecular complexity index is 999. The van der Waals surface area contributed by atoms with Crippen LogP contribution in [0.4, 0.5) is 0 Å². The molecule has 0 aromatic heterocycles. The summed E-state index contributed by atoms with van der Waals surface area (Å²) in [6.07, 6.45) is 9.30. The molecule has 0 radical (unpaired) electrons. The van der Waals surface area contributed by atoms with E-state index in [0.717, 1.165) is 12.8 Å². The molecular weight excluding hydrogens is 384 g/mol. The molecule has 2 aliphatic carbocycles. The Kier molecular flexibility index (Phi) is 3.61. The second-order valence-electron chi connectivity index (χ2n) is 8.63. The van der Waals surface area contributed by atoms with E-state index in [1.54, 1.807) is 12.1 Å². The van der Waals surface area contributed by atoms with Gasteiger partial charge in [-0.05, 0) is 0 Å². The predicted octanol–water partition coefficient (Wildman–Crippen LogP) is 4.68. The van der Waals surface area contributed by atoms with E-state index >= 15 is 0 Å². The summed E-state index contributed by atoms with van der Waals surface area (Å²) < 4.78 is 8.75. The topological polar surface area (TPSA) is 0 Å². The molecule has 0 atom stereocenters. The zero-order valence-electron chi connectivity index (χ0n) is 15.2. The summed E-state index contributed by atoms with van der Waals surface area (Å²) in [7, 11) is 0. The van der Waals surface area contributed by atoms with Crippen LogP contribution < -0.4 is 3.27 Å². The third-order valence-electron chi connectivity index (χ3n) is 6.04. The third kappa shape index (κ3) is 2.34. The number of hydrogen-bond acceptors (Lipinski definition) is 0. The number of fused-ring (bicyclic) bond motifs is 3. The Morgan fingerprint density at radius 3 is 2.46 bits per heavy atom. The monoisotopic (exact) mass is 408 g/mol. The van der Waals surface area contributed by atoms with Gasteiger partial charge >= 0.3 is 149 Å². The predicted molar refractivity (Wildman–Crippen MR) is 106 cm³/mol. The first-order valence-electron chi connectivity index (χ1n) is 8.93. The van der Waals surface area contributed by atoms with Gasteiger partial charge in [0.05, 0.1) is 0 Å². The first-order chi connectivity index (χ1) is 11.3. The molecule has 0 fully saturated rings. The molecule has 2 aromatic carbocycles. The molecule has 2 heteroatoms. The van der Waals surface area contributed by atoms with Crippen LogP contribution in [0.15, 0.2) is 51.8 Å². The Labute approximate surface area is 148 Å². The van der Waals surface area contributed by atoms with Crippen LogP contribution in [0.2, 0.25) is 9.26 Å². The SMILES string of the molecule is Cc1ccc2c(c1)Cc1c-2ccc(C)[c]1[Zr]([CH3])([CH3])(=[SiH2])[C]1=CC=CC1. The van der Waals surface area contributed by atoms with Gasteiger partial charge in [0.1, 0.15) is 0 Å². The summed E-state index contributed by atoms with van der Waals surface area (Å²) in [6.45, 7) is 6.90. The molecule has 0 amide bonds. The number of aryl methyl sites for hydroxylation is 2. The van der Waals surface area contributed by atoms with Gasteiger partial charge in [-0.1, -0.05) is 0 Å². The van der Waals surface area contributed by atoms with E-state index in [2.05, 4.69) is 78.6 Å². The van der Waals surface area contributed by atoms with Crippen molar-refractivity contribution < 1.29 is 17.4 Å². The summed E-state index contributed by atoms with van der Waals surface area (Å²) in [5.41, 5.74) is 8.99. The van der Waals surface area contributed by atoms with Crippen LogP contribution in [0, 0.1) is 13.8 Å². The molecule has 4 rings (SSSR count). The maximum absolute atomic E-state index is 3.11. The molecule has 0 saturated carbocycles. The fourth-order valence-electron chi connectivity index (χ4n) is 4.84. The summed E-state index contributed by atoms with van der Waals surface area (Å²) in [5, 5.41) is 0. The van der Waals surface area contributed by atoms with E-state index < -0.39 is 17.4 Å². The average molecular weight is 410 g/mol. The molecule has 0 heterocycles. The van der Waals surface area contributed by atoms with Gasteiger partial charge < -0.3 is 0 Å². The molecule has 0 aliphatic heterocycles. The zero-order valence-corrected chi connectivity index (χ0v) is 19.1. The van der Waals surface area contributed by atoms with Crippen LogP contribution in [0.25, 0.3) is 11.1 Å². The van der Waals surface area contributed by atoms with Crippen molar-refractivity contribution in [2.45, 2.75) is 36.0 Å². The Hall–Kier alpha value is -0.980. The van der Waals surface area contributed by atoms with E-state index in [1.165, 1.54) is 27.8 Å². The third-order valence-corrected chi connectivity index (χ3v) is 22.4. The molecule has 0 spiro atoms. The normalized spacial score (nSPS) is 16.1. The molecular formula is C22H26SiZr. The summed E-state index contributed by atoms with van der Waals surface area (Å²) >= 11 is -3.11. The van der Waals surface area contributed by atoms with E-state index in [-0.39, 0.29) is 0 Å². The fourth-order valence-corrected chi connectivity index (χ4v) is 19.8. The molecule has 0 N–H and O–H groups in total. The van der Waals surface area contributed by atoms with Gasteiger partial charge in [0.2, 0.25) is 0 Å². The van der Waals surface area contributed by atoms with Crippen LogP contribution in [-0.2, 0) is 23.8 Å². The number of allylic oxidation sites excluding steroid dienone is 4. The quantitative estimate of drug-likeness (QED) is 0.539. The van der Waals surface area contributed by atoms with Crippen molar-refractivity contribution in [3.8, 4) is 11.1 Å². The summed E-state index contributed by atoms with van der Waals surface area (Å²) in [5.74, 6) is 0. The van der Waals surface area contributed by atoms with Crippen molar-refractivity contribution in [3.05, 3.63) is 74.1 Å². The van der Waals surface area contributed by atoms with Gasteiger partial charge in [0.15, 0.2) is 0 Å². The Balaban J connectivity index is 1.99. The van der Waals surface area contributed by atoms with Crippen LogP contribution >= 0.6 is 0 Å². The molecule has 0 nitrogen and oxygen atoms in total. The van der Waals surface area contributed by atoms with Gasteiger partial charge in [0, 0.05) is 0 Å². The van der Waals surface area contributed by atoms with E-state index in [9.17, 15) is 0 Å². The minimum absolute atomic E-state index is 1.12. The Morgan fingerprint density at radius 2 is 1.75 bits per heavy atom. The first kappa shape index (κ1) is 16.5. The Morgan fingerprint density at radius 1 is 1.00 bits per heavy atom. The van der Waals surface area contributed by atoms with Crippen molar-refractivity contribution in [1.82, 2.24) is 0 Å². The molecule has 0 bridgehead atoms. The van der Waals surface area contributed by atoms with Crippen LogP contribution in [-0.4, -0.2) is 6.88 Å². The van der Waals surface area contributed by atoms with E-state index in [0.29, 0.717) is 0 Å². The standard InChI is InChI=1S/C15H13.C5H5.2CH3.H2Si.Zr/c1-10-3-5-14-12(7-10)9-13-8-11(2)4-6-15(13)14;1-2-4-5-3-1;;;;/h3-7H,9H2,1-2H3;1-3H,4H2;2*1H3;1H2;. The molecule has 0 saturated heterocycles. The zero-order chi connectivity index (χ0) is 17.1. The van der Waals surface area contributed by atoms with Crippen LogP contribution in [0.5, 0.6) is 0 Å². The van der Waals surface area contributed by atoms with E-state index in [1.807, 2.05) is 0 Å². The van der Waals surface area contributed by atoms with Crippen molar-refractivity contribution >= 4 is 10.2 Å². The number of rotatable bonds is 2. The van der Waals surface area contributed by atoms with Gasteiger partial charge in [-0.3, -0.25) is 0 Å². The molecule has 122 valence electrons. The van der Waals surface area contributed by atoms with Crippen LogP contribution in [0.1, 0.15) is 28.7 Å². The maximum atomic E-state index is 2.63. The molecule has 2 aromatic rings. The summed E-state index contributed by atoms with van der Waals surface area (Å²) in [4.78, 5) is 0. The van der Waals surface area contributed by atoms with E-state index in [4.69, 9.17) is 0 Å². The van der Waals surface area contributed by atoms with Gasteiger partial charge in [0.25, 0.3) is 0 Å². The second-order valence-corrected chi connectivity index (χ2v) is 37.2. The minimum atomic E-state index is -3.11. The van der Waals surface area contributed by atoms with Crippen molar-refractivity contribution in [1.29, 1.82) is 0 Å². The first-order valence-corrected chi connectivity index (χ1v) is 22.2. The van der Waals surface area contributed by atoms with Crippen molar-refractivity contribution in [3.63, 3.8) is 0 Å². The number of hydrogen-bond donors (Lipinski definition) is 0. The molecule has 24 heavy (non-hydrogen) atoms. The van der Waals surface area contributed by atoms with Gasteiger partial charge in [-0.15, -0.1) is 0 Å². The molecule has 2 aliphatic rings. The van der Waals surface area contributed by atoms with Gasteiger partial charge in [-0.25, -0.2) is 0 Å². The average Bonchev–Trinajstić information content (AvgIpc) is 3.13. The fraction of sp³-hybridized carbons (Fsp3) is 0.273. The van der Waals surface area contributed by atoms with Crippen molar-refractivity contribution in [2.75, 3.05) is 0 Å².